The molecule has 4 heteroatoms. The summed E-state index contributed by atoms with van der Waals surface area (Å²) in [6.45, 7) is 5.69. The summed E-state index contributed by atoms with van der Waals surface area (Å²) >= 11 is 3.33. The number of benzene rings is 1. The molecule has 0 unspecified atom stereocenters. The van der Waals surface area contributed by atoms with E-state index in [1.165, 1.54) is 12.1 Å². The van der Waals surface area contributed by atoms with Crippen LogP contribution in [-0.2, 0) is 6.54 Å². The second-order valence-corrected chi connectivity index (χ2v) is 4.12. The highest BCUT2D eigenvalue weighted by atomic mass is 79.9. The third kappa shape index (κ3) is 4.73. The van der Waals surface area contributed by atoms with Crippen LogP contribution >= 0.6 is 15.9 Å². The smallest absolute Gasteiger partial charge is 0.124 e. The highest BCUT2D eigenvalue weighted by Crippen LogP contribution is 2.17. The lowest BCUT2D eigenvalue weighted by molar-refractivity contribution is 0.614. The van der Waals surface area contributed by atoms with Gasteiger partial charge in [-0.2, -0.15) is 0 Å². The molecular weight excluding hydrogens is 259 g/mol. The van der Waals surface area contributed by atoms with Gasteiger partial charge in [-0.05, 0) is 24.2 Å². The van der Waals surface area contributed by atoms with Crippen molar-refractivity contribution in [3.05, 3.63) is 34.1 Å². The highest BCUT2D eigenvalue weighted by Gasteiger charge is 2.00. The third-order valence-corrected chi connectivity index (χ3v) is 2.80. The van der Waals surface area contributed by atoms with Crippen molar-refractivity contribution >= 4 is 15.9 Å². The molecular formula is C11H16BrFN2. The van der Waals surface area contributed by atoms with E-state index >= 15 is 0 Å². The lowest BCUT2D eigenvalue weighted by Gasteiger charge is -2.07. The molecule has 1 aromatic carbocycles. The Labute approximate surface area is 98.4 Å². The van der Waals surface area contributed by atoms with Gasteiger partial charge in [-0.3, -0.25) is 0 Å². The molecule has 0 atom stereocenters. The Kier molecular flexibility index (Phi) is 5.83. The lowest BCUT2D eigenvalue weighted by atomic mass is 10.2. The van der Waals surface area contributed by atoms with Gasteiger partial charge in [0.2, 0.25) is 0 Å². The Balaban J connectivity index is 2.31. The first-order chi connectivity index (χ1) is 7.24. The number of likely N-dealkylation sites (N-methyl/N-ethyl adjacent to an activating group) is 1. The summed E-state index contributed by atoms with van der Waals surface area (Å²) in [5.74, 6) is -0.210. The van der Waals surface area contributed by atoms with Crippen molar-refractivity contribution in [2.75, 3.05) is 19.6 Å². The van der Waals surface area contributed by atoms with E-state index in [9.17, 15) is 4.39 Å². The second-order valence-electron chi connectivity index (χ2n) is 3.27. The van der Waals surface area contributed by atoms with Crippen LogP contribution < -0.4 is 10.6 Å². The Morgan fingerprint density at radius 2 is 2.00 bits per heavy atom. The van der Waals surface area contributed by atoms with Crippen LogP contribution in [0.4, 0.5) is 4.39 Å². The fraction of sp³-hybridized carbons (Fsp3) is 0.455. The molecule has 0 aromatic heterocycles. The van der Waals surface area contributed by atoms with Crippen molar-refractivity contribution in [3.8, 4) is 0 Å². The van der Waals surface area contributed by atoms with Crippen molar-refractivity contribution in [2.45, 2.75) is 13.5 Å². The molecule has 84 valence electrons. The summed E-state index contributed by atoms with van der Waals surface area (Å²) in [5.41, 5.74) is 1.08. The van der Waals surface area contributed by atoms with Crippen molar-refractivity contribution < 1.29 is 4.39 Å². The Bertz CT molecular complexity index is 305. The van der Waals surface area contributed by atoms with E-state index in [0.717, 1.165) is 36.2 Å². The van der Waals surface area contributed by atoms with Gasteiger partial charge in [0.25, 0.3) is 0 Å². The van der Waals surface area contributed by atoms with Gasteiger partial charge in [0.1, 0.15) is 5.82 Å². The van der Waals surface area contributed by atoms with Crippen LogP contribution in [0.5, 0.6) is 0 Å². The number of nitrogens with one attached hydrogen (secondary N) is 2. The normalized spacial score (nSPS) is 10.6. The van der Waals surface area contributed by atoms with Crippen LogP contribution in [0, 0.1) is 5.82 Å². The molecule has 0 heterocycles. The summed E-state index contributed by atoms with van der Waals surface area (Å²) in [6, 6.07) is 4.76. The first kappa shape index (κ1) is 12.6. The molecule has 2 nitrogen and oxygen atoms in total. The van der Waals surface area contributed by atoms with Gasteiger partial charge < -0.3 is 10.6 Å². The lowest BCUT2D eigenvalue weighted by Crippen LogP contribution is -2.26. The van der Waals surface area contributed by atoms with E-state index in [-0.39, 0.29) is 5.82 Å². The zero-order valence-corrected chi connectivity index (χ0v) is 10.4. The molecule has 0 bridgehead atoms. The largest absolute Gasteiger partial charge is 0.316 e. The van der Waals surface area contributed by atoms with Gasteiger partial charge in [0.05, 0.1) is 0 Å². The van der Waals surface area contributed by atoms with E-state index in [4.69, 9.17) is 0 Å². The van der Waals surface area contributed by atoms with Crippen LogP contribution in [0.25, 0.3) is 0 Å². The molecule has 0 aliphatic heterocycles. The first-order valence-corrected chi connectivity index (χ1v) is 5.88. The molecule has 2 N–H and O–H groups in total. The summed E-state index contributed by atoms with van der Waals surface area (Å²) in [4.78, 5) is 0. The molecule has 1 aromatic rings. The maximum atomic E-state index is 12.8. The van der Waals surface area contributed by atoms with Gasteiger partial charge in [-0.15, -0.1) is 0 Å². The number of hydrogen-bond donors (Lipinski definition) is 2. The Hall–Kier alpha value is -0.450. The van der Waals surface area contributed by atoms with E-state index in [1.807, 2.05) is 0 Å². The van der Waals surface area contributed by atoms with Crippen molar-refractivity contribution in [3.63, 3.8) is 0 Å². The quantitative estimate of drug-likeness (QED) is 0.778. The van der Waals surface area contributed by atoms with Gasteiger partial charge in [-0.1, -0.05) is 28.9 Å². The zero-order chi connectivity index (χ0) is 11.1. The van der Waals surface area contributed by atoms with Crippen LogP contribution in [0.3, 0.4) is 0 Å². The van der Waals surface area contributed by atoms with Crippen molar-refractivity contribution in [2.24, 2.45) is 0 Å². The number of hydrogen-bond acceptors (Lipinski definition) is 2. The maximum absolute atomic E-state index is 12.8. The average molecular weight is 275 g/mol. The van der Waals surface area contributed by atoms with Crippen LogP contribution in [-0.4, -0.2) is 19.6 Å². The molecule has 0 saturated carbocycles. The Morgan fingerprint density at radius 1 is 1.27 bits per heavy atom. The molecule has 15 heavy (non-hydrogen) atoms. The zero-order valence-electron chi connectivity index (χ0n) is 8.82. The SMILES string of the molecule is CCNCCNCc1ccc(F)cc1Br. The minimum atomic E-state index is -0.210. The number of rotatable bonds is 6. The molecule has 0 aliphatic rings. The monoisotopic (exact) mass is 274 g/mol. The third-order valence-electron chi connectivity index (χ3n) is 2.06. The van der Waals surface area contributed by atoms with Gasteiger partial charge in [0, 0.05) is 24.1 Å². The molecule has 0 amide bonds. The number of halogens is 2. The summed E-state index contributed by atoms with van der Waals surface area (Å²) in [5, 5.41) is 6.51. The van der Waals surface area contributed by atoms with Crippen LogP contribution in [0.2, 0.25) is 0 Å². The van der Waals surface area contributed by atoms with E-state index in [1.54, 1.807) is 6.07 Å². The topological polar surface area (TPSA) is 24.1 Å². The van der Waals surface area contributed by atoms with E-state index in [0.29, 0.717) is 0 Å². The Morgan fingerprint density at radius 3 is 2.67 bits per heavy atom. The fourth-order valence-electron chi connectivity index (χ4n) is 1.24. The second kappa shape index (κ2) is 6.93. The van der Waals surface area contributed by atoms with E-state index in [2.05, 4.69) is 33.5 Å². The van der Waals surface area contributed by atoms with Crippen molar-refractivity contribution in [1.82, 2.24) is 10.6 Å². The molecule has 1 rings (SSSR count). The van der Waals surface area contributed by atoms with Crippen LogP contribution in [0.15, 0.2) is 22.7 Å². The standard InChI is InChI=1S/C11H16BrFN2/c1-2-14-5-6-15-8-9-3-4-10(13)7-11(9)12/h3-4,7,14-15H,2,5-6,8H2,1H3. The fourth-order valence-corrected chi connectivity index (χ4v) is 1.73. The predicted molar refractivity (Wildman–Crippen MR) is 64.4 cm³/mol. The van der Waals surface area contributed by atoms with Gasteiger partial charge >= 0.3 is 0 Å². The van der Waals surface area contributed by atoms with Gasteiger partial charge in [0.15, 0.2) is 0 Å². The summed E-state index contributed by atoms with van der Waals surface area (Å²) in [7, 11) is 0. The average Bonchev–Trinajstić information content (AvgIpc) is 2.20. The summed E-state index contributed by atoms with van der Waals surface area (Å²) < 4.78 is 13.6. The summed E-state index contributed by atoms with van der Waals surface area (Å²) in [6.07, 6.45) is 0. The molecule has 0 saturated heterocycles. The van der Waals surface area contributed by atoms with E-state index < -0.39 is 0 Å². The maximum Gasteiger partial charge on any atom is 0.124 e. The predicted octanol–water partition coefficient (Wildman–Crippen LogP) is 2.29. The minimum absolute atomic E-state index is 0.210. The van der Waals surface area contributed by atoms with Crippen LogP contribution in [0.1, 0.15) is 12.5 Å². The molecule has 0 aliphatic carbocycles. The van der Waals surface area contributed by atoms with Crippen molar-refractivity contribution in [1.29, 1.82) is 0 Å². The molecule has 0 spiro atoms. The minimum Gasteiger partial charge on any atom is -0.316 e. The molecule has 0 radical (unpaired) electrons. The molecule has 0 fully saturated rings. The first-order valence-electron chi connectivity index (χ1n) is 5.09. The highest BCUT2D eigenvalue weighted by molar-refractivity contribution is 9.10. The van der Waals surface area contributed by atoms with Gasteiger partial charge in [-0.25, -0.2) is 4.39 Å².